The standard InChI is InChI=1S/C14H22BNO2/c1-10-6-7-12(8-11(10)9-16)15-17-13(2,3)14(4,5)18-15/h6-8H,9,16H2,1-5H3. The quantitative estimate of drug-likeness (QED) is 0.810. The van der Waals surface area contributed by atoms with Crippen LogP contribution in [0.3, 0.4) is 0 Å². The maximum Gasteiger partial charge on any atom is 0.494 e. The maximum absolute atomic E-state index is 6.03. The smallest absolute Gasteiger partial charge is 0.399 e. The third-order valence-electron chi connectivity index (χ3n) is 4.12. The van der Waals surface area contributed by atoms with Crippen LogP contribution in [0.15, 0.2) is 18.2 Å². The Labute approximate surface area is 110 Å². The topological polar surface area (TPSA) is 44.5 Å². The van der Waals surface area contributed by atoms with E-state index in [-0.39, 0.29) is 18.3 Å². The van der Waals surface area contributed by atoms with Gasteiger partial charge in [-0.25, -0.2) is 0 Å². The van der Waals surface area contributed by atoms with E-state index in [0.29, 0.717) is 6.54 Å². The molecule has 18 heavy (non-hydrogen) atoms. The van der Waals surface area contributed by atoms with Crippen LogP contribution in [0.25, 0.3) is 0 Å². The summed E-state index contributed by atoms with van der Waals surface area (Å²) in [6.45, 7) is 10.8. The fourth-order valence-electron chi connectivity index (χ4n) is 2.04. The molecule has 0 aromatic heterocycles. The first-order chi connectivity index (χ1) is 8.27. The van der Waals surface area contributed by atoms with Crippen LogP contribution in [-0.4, -0.2) is 18.3 Å². The van der Waals surface area contributed by atoms with Crippen molar-refractivity contribution < 1.29 is 9.31 Å². The van der Waals surface area contributed by atoms with Gasteiger partial charge in [-0.3, -0.25) is 0 Å². The predicted molar refractivity (Wildman–Crippen MR) is 74.8 cm³/mol. The van der Waals surface area contributed by atoms with Gasteiger partial charge < -0.3 is 15.0 Å². The zero-order valence-electron chi connectivity index (χ0n) is 11.9. The van der Waals surface area contributed by atoms with Crippen LogP contribution in [0.5, 0.6) is 0 Å². The number of nitrogens with two attached hydrogens (primary N) is 1. The molecule has 1 heterocycles. The Balaban J connectivity index is 2.30. The lowest BCUT2D eigenvalue weighted by molar-refractivity contribution is 0.00578. The first-order valence-electron chi connectivity index (χ1n) is 6.42. The Morgan fingerprint density at radius 2 is 1.67 bits per heavy atom. The monoisotopic (exact) mass is 247 g/mol. The number of hydrogen-bond acceptors (Lipinski definition) is 3. The summed E-state index contributed by atoms with van der Waals surface area (Å²) in [6, 6.07) is 6.21. The van der Waals surface area contributed by atoms with E-state index in [0.717, 1.165) is 11.0 Å². The van der Waals surface area contributed by atoms with Gasteiger partial charge in [-0.05, 0) is 51.2 Å². The average molecular weight is 247 g/mol. The van der Waals surface area contributed by atoms with Crippen molar-refractivity contribution in [3.05, 3.63) is 29.3 Å². The van der Waals surface area contributed by atoms with Gasteiger partial charge in [-0.1, -0.05) is 18.2 Å². The second kappa shape index (κ2) is 4.37. The van der Waals surface area contributed by atoms with Crippen molar-refractivity contribution in [3.63, 3.8) is 0 Å². The molecule has 0 saturated carbocycles. The van der Waals surface area contributed by atoms with Crippen molar-refractivity contribution in [1.29, 1.82) is 0 Å². The summed E-state index contributed by atoms with van der Waals surface area (Å²) >= 11 is 0. The van der Waals surface area contributed by atoms with Crippen molar-refractivity contribution in [3.8, 4) is 0 Å². The van der Waals surface area contributed by atoms with Crippen LogP contribution in [0, 0.1) is 6.92 Å². The Bertz CT molecular complexity index is 441. The maximum atomic E-state index is 6.03. The van der Waals surface area contributed by atoms with E-state index in [2.05, 4.69) is 52.8 Å². The van der Waals surface area contributed by atoms with Crippen LogP contribution in [0.1, 0.15) is 38.8 Å². The third-order valence-corrected chi connectivity index (χ3v) is 4.12. The van der Waals surface area contributed by atoms with E-state index < -0.39 is 0 Å². The van der Waals surface area contributed by atoms with Gasteiger partial charge in [0.1, 0.15) is 0 Å². The normalized spacial score (nSPS) is 21.3. The molecule has 3 nitrogen and oxygen atoms in total. The summed E-state index contributed by atoms with van der Waals surface area (Å²) in [5, 5.41) is 0. The van der Waals surface area contributed by atoms with Gasteiger partial charge in [0.2, 0.25) is 0 Å². The SMILES string of the molecule is Cc1ccc(B2OC(C)(C)C(C)(C)O2)cc1CN. The first-order valence-corrected chi connectivity index (χ1v) is 6.42. The molecule has 0 unspecified atom stereocenters. The Morgan fingerprint density at radius 1 is 1.11 bits per heavy atom. The zero-order chi connectivity index (χ0) is 13.6. The summed E-state index contributed by atoms with van der Waals surface area (Å²) in [7, 11) is -0.305. The molecule has 98 valence electrons. The van der Waals surface area contributed by atoms with Crippen molar-refractivity contribution in [2.75, 3.05) is 0 Å². The molecular weight excluding hydrogens is 225 g/mol. The minimum absolute atomic E-state index is 0.300. The first kappa shape index (κ1) is 13.6. The molecule has 1 aromatic carbocycles. The summed E-state index contributed by atoms with van der Waals surface area (Å²) < 4.78 is 12.1. The van der Waals surface area contributed by atoms with Gasteiger partial charge >= 0.3 is 7.12 Å². The van der Waals surface area contributed by atoms with Crippen LogP contribution < -0.4 is 11.2 Å². The summed E-state index contributed by atoms with van der Waals surface area (Å²) in [4.78, 5) is 0. The Morgan fingerprint density at radius 3 is 2.17 bits per heavy atom. The fourth-order valence-corrected chi connectivity index (χ4v) is 2.04. The molecule has 2 N–H and O–H groups in total. The molecule has 0 amide bonds. The average Bonchev–Trinajstić information content (AvgIpc) is 2.49. The zero-order valence-corrected chi connectivity index (χ0v) is 11.9. The van der Waals surface area contributed by atoms with Gasteiger partial charge in [-0.15, -0.1) is 0 Å². The van der Waals surface area contributed by atoms with Gasteiger partial charge in [0.25, 0.3) is 0 Å². The molecule has 2 rings (SSSR count). The van der Waals surface area contributed by atoms with E-state index >= 15 is 0 Å². The molecule has 0 radical (unpaired) electrons. The van der Waals surface area contributed by atoms with Crippen molar-refractivity contribution in [2.45, 2.75) is 52.4 Å². The summed E-state index contributed by atoms with van der Waals surface area (Å²) in [6.07, 6.45) is 0. The fraction of sp³-hybridized carbons (Fsp3) is 0.571. The lowest BCUT2D eigenvalue weighted by atomic mass is 9.78. The Hall–Kier alpha value is -0.835. The molecule has 1 aliphatic rings. The minimum atomic E-state index is -0.305. The van der Waals surface area contributed by atoms with Gasteiger partial charge in [0, 0.05) is 6.54 Å². The highest BCUT2D eigenvalue weighted by Gasteiger charge is 2.51. The van der Waals surface area contributed by atoms with Crippen LogP contribution in [0.2, 0.25) is 0 Å². The predicted octanol–water partition coefficient (Wildman–Crippen LogP) is 1.75. The molecule has 1 fully saturated rings. The molecule has 0 atom stereocenters. The molecule has 1 aliphatic heterocycles. The molecule has 0 spiro atoms. The van der Waals surface area contributed by atoms with E-state index in [1.165, 1.54) is 5.56 Å². The molecule has 4 heteroatoms. The Kier molecular flexibility index (Phi) is 3.30. The van der Waals surface area contributed by atoms with Gasteiger partial charge in [0.15, 0.2) is 0 Å². The van der Waals surface area contributed by atoms with Crippen molar-refractivity contribution in [2.24, 2.45) is 5.73 Å². The van der Waals surface area contributed by atoms with Crippen molar-refractivity contribution >= 4 is 12.6 Å². The highest BCUT2D eigenvalue weighted by Crippen LogP contribution is 2.36. The molecule has 1 saturated heterocycles. The number of benzene rings is 1. The highest BCUT2D eigenvalue weighted by atomic mass is 16.7. The summed E-state index contributed by atoms with van der Waals surface area (Å²) in [5.74, 6) is 0. The number of hydrogen-bond donors (Lipinski definition) is 1. The van der Waals surface area contributed by atoms with E-state index in [4.69, 9.17) is 15.0 Å². The van der Waals surface area contributed by atoms with E-state index in [1.807, 2.05) is 0 Å². The highest BCUT2D eigenvalue weighted by molar-refractivity contribution is 6.62. The second-order valence-corrected chi connectivity index (χ2v) is 5.98. The summed E-state index contributed by atoms with van der Waals surface area (Å²) in [5.41, 5.74) is 8.53. The van der Waals surface area contributed by atoms with Crippen LogP contribution >= 0.6 is 0 Å². The minimum Gasteiger partial charge on any atom is -0.399 e. The van der Waals surface area contributed by atoms with E-state index in [9.17, 15) is 0 Å². The van der Waals surface area contributed by atoms with Gasteiger partial charge in [-0.2, -0.15) is 0 Å². The van der Waals surface area contributed by atoms with Crippen molar-refractivity contribution in [1.82, 2.24) is 0 Å². The molecule has 0 aliphatic carbocycles. The number of aryl methyl sites for hydroxylation is 1. The third kappa shape index (κ3) is 2.20. The lowest BCUT2D eigenvalue weighted by Crippen LogP contribution is -2.41. The molecule has 0 bridgehead atoms. The number of rotatable bonds is 2. The van der Waals surface area contributed by atoms with Crippen LogP contribution in [0.4, 0.5) is 0 Å². The van der Waals surface area contributed by atoms with Gasteiger partial charge in [0.05, 0.1) is 11.2 Å². The molecule has 1 aromatic rings. The molecular formula is C14H22BNO2. The largest absolute Gasteiger partial charge is 0.494 e. The van der Waals surface area contributed by atoms with Crippen LogP contribution in [-0.2, 0) is 15.9 Å². The lowest BCUT2D eigenvalue weighted by Gasteiger charge is -2.32. The van der Waals surface area contributed by atoms with E-state index in [1.54, 1.807) is 0 Å². The second-order valence-electron chi connectivity index (χ2n) is 5.98.